The van der Waals surface area contributed by atoms with Gasteiger partial charge in [0.15, 0.2) is 0 Å². The van der Waals surface area contributed by atoms with Crippen LogP contribution in [0.3, 0.4) is 0 Å². The Balaban J connectivity index is 1.78. The van der Waals surface area contributed by atoms with E-state index in [0.717, 1.165) is 18.7 Å². The van der Waals surface area contributed by atoms with E-state index in [2.05, 4.69) is 28.3 Å². The molecule has 1 N–H and O–H groups in total. The standard InChI is InChI=1S/C14H19NO2/c1-17-14(16)6-3-9-15-13-8-7-11-4-2-5-12(11)10-13/h7-8,10,15H,2-6,9H2,1H3. The van der Waals surface area contributed by atoms with Crippen LogP contribution in [-0.4, -0.2) is 19.6 Å². The molecule has 1 aromatic carbocycles. The van der Waals surface area contributed by atoms with Gasteiger partial charge in [-0.15, -0.1) is 0 Å². The zero-order chi connectivity index (χ0) is 12.1. The molecule has 1 aromatic rings. The van der Waals surface area contributed by atoms with Gasteiger partial charge in [-0.3, -0.25) is 4.79 Å². The van der Waals surface area contributed by atoms with E-state index in [1.54, 1.807) is 0 Å². The lowest BCUT2D eigenvalue weighted by atomic mass is 10.1. The fraction of sp³-hybridized carbons (Fsp3) is 0.500. The van der Waals surface area contributed by atoms with E-state index < -0.39 is 0 Å². The molecule has 2 rings (SSSR count). The molecule has 0 unspecified atom stereocenters. The Morgan fingerprint density at radius 1 is 1.35 bits per heavy atom. The first-order valence-electron chi connectivity index (χ1n) is 6.22. The monoisotopic (exact) mass is 233 g/mol. The largest absolute Gasteiger partial charge is 0.469 e. The van der Waals surface area contributed by atoms with Crippen molar-refractivity contribution in [3.8, 4) is 0 Å². The minimum Gasteiger partial charge on any atom is -0.469 e. The summed E-state index contributed by atoms with van der Waals surface area (Å²) < 4.78 is 4.60. The van der Waals surface area contributed by atoms with E-state index in [1.807, 2.05) is 0 Å². The summed E-state index contributed by atoms with van der Waals surface area (Å²) in [6.07, 6.45) is 4.99. The van der Waals surface area contributed by atoms with E-state index >= 15 is 0 Å². The molecule has 17 heavy (non-hydrogen) atoms. The zero-order valence-electron chi connectivity index (χ0n) is 10.3. The van der Waals surface area contributed by atoms with Gasteiger partial charge in [-0.25, -0.2) is 0 Å². The highest BCUT2D eigenvalue weighted by Gasteiger charge is 2.10. The summed E-state index contributed by atoms with van der Waals surface area (Å²) in [6, 6.07) is 6.58. The quantitative estimate of drug-likeness (QED) is 0.627. The number of hydrogen-bond donors (Lipinski definition) is 1. The number of carbonyl (C=O) groups is 1. The predicted molar refractivity (Wildman–Crippen MR) is 68.2 cm³/mol. The number of anilines is 1. The van der Waals surface area contributed by atoms with Gasteiger partial charge in [0.1, 0.15) is 0 Å². The first-order valence-corrected chi connectivity index (χ1v) is 6.22. The molecule has 0 spiro atoms. The number of fused-ring (bicyclic) bond motifs is 1. The average molecular weight is 233 g/mol. The van der Waals surface area contributed by atoms with E-state index in [9.17, 15) is 4.79 Å². The van der Waals surface area contributed by atoms with E-state index in [1.165, 1.54) is 37.5 Å². The van der Waals surface area contributed by atoms with Crippen LogP contribution in [0, 0.1) is 0 Å². The second-order valence-electron chi connectivity index (χ2n) is 4.44. The summed E-state index contributed by atoms with van der Waals surface area (Å²) in [7, 11) is 1.43. The molecule has 0 bridgehead atoms. The molecule has 0 saturated heterocycles. The molecule has 3 nitrogen and oxygen atoms in total. The van der Waals surface area contributed by atoms with Gasteiger partial charge in [-0.1, -0.05) is 6.07 Å². The first-order chi connectivity index (χ1) is 8.29. The van der Waals surface area contributed by atoms with Crippen molar-refractivity contribution >= 4 is 11.7 Å². The smallest absolute Gasteiger partial charge is 0.305 e. The number of benzene rings is 1. The maximum Gasteiger partial charge on any atom is 0.305 e. The summed E-state index contributed by atoms with van der Waals surface area (Å²) in [5.74, 6) is -0.138. The van der Waals surface area contributed by atoms with Crippen molar-refractivity contribution in [3.63, 3.8) is 0 Å². The molecule has 0 aromatic heterocycles. The minimum atomic E-state index is -0.138. The van der Waals surface area contributed by atoms with Gasteiger partial charge in [0.2, 0.25) is 0 Å². The summed E-state index contributed by atoms with van der Waals surface area (Å²) in [4.78, 5) is 10.9. The van der Waals surface area contributed by atoms with Crippen LogP contribution < -0.4 is 5.32 Å². The Morgan fingerprint density at radius 3 is 3.00 bits per heavy atom. The van der Waals surface area contributed by atoms with Crippen LogP contribution >= 0.6 is 0 Å². The molecule has 0 fully saturated rings. The fourth-order valence-corrected chi connectivity index (χ4v) is 2.25. The SMILES string of the molecule is COC(=O)CCCNc1ccc2c(c1)CCC2. The molecule has 3 heteroatoms. The van der Waals surface area contributed by atoms with Crippen molar-refractivity contribution < 1.29 is 9.53 Å². The van der Waals surface area contributed by atoms with Crippen LogP contribution in [0.5, 0.6) is 0 Å². The first kappa shape index (κ1) is 12.0. The Bertz CT molecular complexity index is 401. The van der Waals surface area contributed by atoms with Gasteiger partial charge < -0.3 is 10.1 Å². The highest BCUT2D eigenvalue weighted by molar-refractivity contribution is 5.69. The maximum absolute atomic E-state index is 10.9. The highest BCUT2D eigenvalue weighted by atomic mass is 16.5. The van der Waals surface area contributed by atoms with Gasteiger partial charge in [-0.05, 0) is 48.9 Å². The number of esters is 1. The minimum absolute atomic E-state index is 0.138. The van der Waals surface area contributed by atoms with E-state index in [4.69, 9.17) is 0 Å². The average Bonchev–Trinajstić information content (AvgIpc) is 2.81. The molecule has 0 radical (unpaired) electrons. The third kappa shape index (κ3) is 3.22. The van der Waals surface area contributed by atoms with Crippen molar-refractivity contribution in [1.82, 2.24) is 0 Å². The summed E-state index contributed by atoms with van der Waals surface area (Å²) in [5, 5.41) is 3.35. The number of hydrogen-bond acceptors (Lipinski definition) is 3. The molecule has 0 aliphatic heterocycles. The molecule has 1 aliphatic carbocycles. The van der Waals surface area contributed by atoms with Crippen LogP contribution in [0.1, 0.15) is 30.4 Å². The lowest BCUT2D eigenvalue weighted by Gasteiger charge is -2.08. The summed E-state index contributed by atoms with van der Waals surface area (Å²) in [5.41, 5.74) is 4.13. The molecule has 0 saturated carbocycles. The molecule has 0 atom stereocenters. The maximum atomic E-state index is 10.9. The van der Waals surface area contributed by atoms with E-state index in [-0.39, 0.29) is 5.97 Å². The topological polar surface area (TPSA) is 38.3 Å². The Labute approximate surface area is 102 Å². The van der Waals surface area contributed by atoms with Gasteiger partial charge in [0.05, 0.1) is 7.11 Å². The van der Waals surface area contributed by atoms with Crippen molar-refractivity contribution in [2.75, 3.05) is 19.0 Å². The lowest BCUT2D eigenvalue weighted by Crippen LogP contribution is -2.06. The van der Waals surface area contributed by atoms with Crippen molar-refractivity contribution in [3.05, 3.63) is 29.3 Å². The van der Waals surface area contributed by atoms with E-state index in [0.29, 0.717) is 6.42 Å². The highest BCUT2D eigenvalue weighted by Crippen LogP contribution is 2.24. The molecule has 0 heterocycles. The third-order valence-electron chi connectivity index (χ3n) is 3.21. The number of carbonyl (C=O) groups excluding carboxylic acids is 1. The molecule has 92 valence electrons. The second kappa shape index (κ2) is 5.71. The van der Waals surface area contributed by atoms with Crippen LogP contribution in [-0.2, 0) is 22.4 Å². The molecular weight excluding hydrogens is 214 g/mol. The number of rotatable bonds is 5. The van der Waals surface area contributed by atoms with Crippen molar-refractivity contribution in [2.45, 2.75) is 32.1 Å². The Morgan fingerprint density at radius 2 is 2.18 bits per heavy atom. The predicted octanol–water partition coefficient (Wildman–Crippen LogP) is 2.54. The normalized spacial score (nSPS) is 13.2. The van der Waals surface area contributed by atoms with Crippen LogP contribution in [0.4, 0.5) is 5.69 Å². The lowest BCUT2D eigenvalue weighted by molar-refractivity contribution is -0.140. The second-order valence-corrected chi connectivity index (χ2v) is 4.44. The van der Waals surface area contributed by atoms with Crippen molar-refractivity contribution in [2.24, 2.45) is 0 Å². The summed E-state index contributed by atoms with van der Waals surface area (Å²) >= 11 is 0. The molecular formula is C14H19NO2. The van der Waals surface area contributed by atoms with Crippen LogP contribution in [0.2, 0.25) is 0 Å². The summed E-state index contributed by atoms with van der Waals surface area (Å²) in [6.45, 7) is 0.813. The number of nitrogens with one attached hydrogen (secondary N) is 1. The fourth-order valence-electron chi connectivity index (χ4n) is 2.25. The van der Waals surface area contributed by atoms with Crippen LogP contribution in [0.25, 0.3) is 0 Å². The third-order valence-corrected chi connectivity index (χ3v) is 3.21. The Kier molecular flexibility index (Phi) is 4.02. The molecule has 0 amide bonds. The Hall–Kier alpha value is -1.51. The zero-order valence-corrected chi connectivity index (χ0v) is 10.3. The molecule has 1 aliphatic rings. The van der Waals surface area contributed by atoms with Gasteiger partial charge in [-0.2, -0.15) is 0 Å². The van der Waals surface area contributed by atoms with Crippen molar-refractivity contribution in [1.29, 1.82) is 0 Å². The van der Waals surface area contributed by atoms with Crippen LogP contribution in [0.15, 0.2) is 18.2 Å². The number of ether oxygens (including phenoxy) is 1. The number of methoxy groups -OCH3 is 1. The van der Waals surface area contributed by atoms with Gasteiger partial charge in [0.25, 0.3) is 0 Å². The van der Waals surface area contributed by atoms with Gasteiger partial charge >= 0.3 is 5.97 Å². The van der Waals surface area contributed by atoms with Gasteiger partial charge in [0, 0.05) is 18.7 Å². The number of aryl methyl sites for hydroxylation is 2.